The molecule has 0 saturated heterocycles. The Morgan fingerprint density at radius 1 is 1.05 bits per heavy atom. The maximum Gasteiger partial charge on any atom is 0.203 e. The Morgan fingerprint density at radius 2 is 1.65 bits per heavy atom. The van der Waals surface area contributed by atoms with Gasteiger partial charge in [0.05, 0.1) is 21.3 Å². The van der Waals surface area contributed by atoms with Crippen molar-refractivity contribution >= 4 is 27.5 Å². The minimum atomic E-state index is 0.609. The van der Waals surface area contributed by atoms with E-state index in [1.54, 1.807) is 21.3 Å². The first-order valence-corrected chi connectivity index (χ1v) is 7.98. The second kappa shape index (κ2) is 9.32. The molecule has 0 heterocycles. The molecule has 0 fully saturated rings. The molecule has 0 spiro atoms. The van der Waals surface area contributed by atoms with Gasteiger partial charge in [-0.1, -0.05) is 15.9 Å². The molecule has 0 aliphatic carbocycles. The number of methoxy groups -OCH3 is 3. The summed E-state index contributed by atoms with van der Waals surface area (Å²) in [6.07, 6.45) is 0. The number of nitrogens with zero attached hydrogens (tertiary/aromatic N) is 1. The van der Waals surface area contributed by atoms with Crippen molar-refractivity contribution in [1.29, 1.82) is 0 Å². The molecule has 4 nitrogen and oxygen atoms in total. The van der Waals surface area contributed by atoms with Gasteiger partial charge in [0.15, 0.2) is 11.5 Å². The summed E-state index contributed by atoms with van der Waals surface area (Å²) in [6.45, 7) is 2.56. The van der Waals surface area contributed by atoms with Gasteiger partial charge >= 0.3 is 0 Å². The van der Waals surface area contributed by atoms with E-state index < -0.39 is 0 Å². The minimum absolute atomic E-state index is 0.609. The average molecular weight is 367 g/mol. The Balaban J connectivity index is 2.99. The SMILES string of the molecule is COc1cc(CN(CCCl)CCBr)cc(OC)c1OC. The molecule has 114 valence electrons. The summed E-state index contributed by atoms with van der Waals surface area (Å²) in [7, 11) is 4.84. The van der Waals surface area contributed by atoms with Crippen molar-refractivity contribution in [2.45, 2.75) is 6.54 Å². The highest BCUT2D eigenvalue weighted by Crippen LogP contribution is 2.38. The lowest BCUT2D eigenvalue weighted by Gasteiger charge is -2.21. The molecule has 1 aromatic carbocycles. The first-order chi connectivity index (χ1) is 9.69. The van der Waals surface area contributed by atoms with Crippen LogP contribution in [0.1, 0.15) is 5.56 Å². The predicted octanol–water partition coefficient (Wildman–Crippen LogP) is 3.15. The monoisotopic (exact) mass is 365 g/mol. The van der Waals surface area contributed by atoms with Crippen molar-refractivity contribution in [3.63, 3.8) is 0 Å². The Labute approximate surface area is 134 Å². The van der Waals surface area contributed by atoms with Crippen LogP contribution in [0.5, 0.6) is 17.2 Å². The molecule has 0 atom stereocenters. The van der Waals surface area contributed by atoms with Crippen LogP contribution in [0.4, 0.5) is 0 Å². The van der Waals surface area contributed by atoms with Gasteiger partial charge in [-0.15, -0.1) is 11.6 Å². The van der Waals surface area contributed by atoms with Gasteiger partial charge in [0.1, 0.15) is 0 Å². The second-order valence-electron chi connectivity index (χ2n) is 4.19. The van der Waals surface area contributed by atoms with E-state index in [1.165, 1.54) is 0 Å². The fraction of sp³-hybridized carbons (Fsp3) is 0.571. The van der Waals surface area contributed by atoms with Crippen LogP contribution in [0.25, 0.3) is 0 Å². The van der Waals surface area contributed by atoms with Crippen LogP contribution in [-0.2, 0) is 6.54 Å². The first kappa shape index (κ1) is 17.4. The number of hydrogen-bond donors (Lipinski definition) is 0. The minimum Gasteiger partial charge on any atom is -0.493 e. The van der Waals surface area contributed by atoms with Gasteiger partial charge in [-0.2, -0.15) is 0 Å². The van der Waals surface area contributed by atoms with E-state index >= 15 is 0 Å². The Kier molecular flexibility index (Phi) is 8.11. The Bertz CT molecular complexity index is 386. The molecule has 0 aliphatic heterocycles. The zero-order chi connectivity index (χ0) is 15.0. The molecule has 1 aromatic rings. The lowest BCUT2D eigenvalue weighted by atomic mass is 10.1. The number of benzene rings is 1. The third-order valence-corrected chi connectivity index (χ3v) is 3.46. The summed E-state index contributed by atoms with van der Waals surface area (Å²) < 4.78 is 16.0. The van der Waals surface area contributed by atoms with Gasteiger partial charge in [-0.25, -0.2) is 0 Å². The number of ether oxygens (including phenoxy) is 3. The van der Waals surface area contributed by atoms with Crippen LogP contribution in [0.3, 0.4) is 0 Å². The maximum absolute atomic E-state index is 5.84. The standard InChI is InChI=1S/C14H21BrClNO3/c1-18-12-8-11(9-13(19-2)14(12)20-3)10-17(6-4-15)7-5-16/h8-9H,4-7,10H2,1-3H3. The summed E-state index contributed by atoms with van der Waals surface area (Å²) in [5.74, 6) is 2.57. The molecule has 0 amide bonds. The predicted molar refractivity (Wildman–Crippen MR) is 85.9 cm³/mol. The van der Waals surface area contributed by atoms with Gasteiger partial charge in [0.2, 0.25) is 5.75 Å². The second-order valence-corrected chi connectivity index (χ2v) is 5.36. The largest absolute Gasteiger partial charge is 0.493 e. The van der Waals surface area contributed by atoms with E-state index in [2.05, 4.69) is 20.8 Å². The van der Waals surface area contributed by atoms with Crippen molar-refractivity contribution in [1.82, 2.24) is 4.90 Å². The van der Waals surface area contributed by atoms with Crippen molar-refractivity contribution in [3.05, 3.63) is 17.7 Å². The van der Waals surface area contributed by atoms with Gasteiger partial charge in [-0.05, 0) is 17.7 Å². The van der Waals surface area contributed by atoms with Crippen molar-refractivity contribution < 1.29 is 14.2 Å². The van der Waals surface area contributed by atoms with Gasteiger partial charge in [-0.3, -0.25) is 4.90 Å². The van der Waals surface area contributed by atoms with Crippen LogP contribution in [0.15, 0.2) is 12.1 Å². The van der Waals surface area contributed by atoms with Crippen molar-refractivity contribution in [3.8, 4) is 17.2 Å². The maximum atomic E-state index is 5.84. The third kappa shape index (κ3) is 4.72. The molecule has 20 heavy (non-hydrogen) atoms. The molecule has 0 aromatic heterocycles. The highest BCUT2D eigenvalue weighted by atomic mass is 79.9. The smallest absolute Gasteiger partial charge is 0.203 e. The molecule has 0 N–H and O–H groups in total. The zero-order valence-corrected chi connectivity index (χ0v) is 14.5. The number of halogens is 2. The van der Waals surface area contributed by atoms with E-state index in [9.17, 15) is 0 Å². The van der Waals surface area contributed by atoms with E-state index in [1.807, 2.05) is 12.1 Å². The lowest BCUT2D eigenvalue weighted by Crippen LogP contribution is -2.27. The molecule has 6 heteroatoms. The Morgan fingerprint density at radius 3 is 2.05 bits per heavy atom. The van der Waals surface area contributed by atoms with Gasteiger partial charge in [0, 0.05) is 30.8 Å². The quantitative estimate of drug-likeness (QED) is 0.628. The van der Waals surface area contributed by atoms with Crippen LogP contribution in [0, 0.1) is 0 Å². The lowest BCUT2D eigenvalue weighted by molar-refractivity contribution is 0.296. The summed E-state index contributed by atoms with van der Waals surface area (Å²) in [5.41, 5.74) is 1.10. The van der Waals surface area contributed by atoms with Crippen LogP contribution in [0.2, 0.25) is 0 Å². The van der Waals surface area contributed by atoms with Crippen molar-refractivity contribution in [2.75, 3.05) is 45.6 Å². The molecule has 0 bridgehead atoms. The first-order valence-electron chi connectivity index (χ1n) is 6.33. The van der Waals surface area contributed by atoms with E-state index in [0.29, 0.717) is 23.1 Å². The zero-order valence-electron chi connectivity index (χ0n) is 12.1. The third-order valence-electron chi connectivity index (χ3n) is 2.93. The van der Waals surface area contributed by atoms with E-state index in [-0.39, 0.29) is 0 Å². The molecule has 0 saturated carbocycles. The van der Waals surface area contributed by atoms with Crippen LogP contribution >= 0.6 is 27.5 Å². The molecular weight excluding hydrogens is 346 g/mol. The number of hydrogen-bond acceptors (Lipinski definition) is 4. The molecule has 0 radical (unpaired) electrons. The summed E-state index contributed by atoms with van der Waals surface area (Å²) in [5, 5.41) is 0.911. The molecule has 1 rings (SSSR count). The summed E-state index contributed by atoms with van der Waals surface area (Å²) in [6, 6.07) is 3.94. The van der Waals surface area contributed by atoms with Crippen molar-refractivity contribution in [2.24, 2.45) is 0 Å². The van der Waals surface area contributed by atoms with E-state index in [4.69, 9.17) is 25.8 Å². The Hall–Kier alpha value is -0.650. The molecule has 0 unspecified atom stereocenters. The highest BCUT2D eigenvalue weighted by molar-refractivity contribution is 9.09. The normalized spacial score (nSPS) is 10.7. The van der Waals surface area contributed by atoms with Gasteiger partial charge in [0.25, 0.3) is 0 Å². The fourth-order valence-corrected chi connectivity index (χ4v) is 2.73. The van der Waals surface area contributed by atoms with E-state index in [0.717, 1.165) is 30.5 Å². The van der Waals surface area contributed by atoms with Gasteiger partial charge < -0.3 is 14.2 Å². The van der Waals surface area contributed by atoms with Crippen LogP contribution in [-0.4, -0.2) is 50.5 Å². The number of rotatable bonds is 9. The topological polar surface area (TPSA) is 30.9 Å². The summed E-state index contributed by atoms with van der Waals surface area (Å²) in [4.78, 5) is 2.27. The number of alkyl halides is 2. The molecule has 0 aliphatic rings. The summed E-state index contributed by atoms with van der Waals surface area (Å²) >= 11 is 9.29. The fourth-order valence-electron chi connectivity index (χ4n) is 1.99. The molecular formula is C14H21BrClNO3. The average Bonchev–Trinajstić information content (AvgIpc) is 2.46. The highest BCUT2D eigenvalue weighted by Gasteiger charge is 2.14. The van der Waals surface area contributed by atoms with Crippen LogP contribution < -0.4 is 14.2 Å².